The summed E-state index contributed by atoms with van der Waals surface area (Å²) < 4.78 is 11.3. The second kappa shape index (κ2) is 8.13. The van der Waals surface area contributed by atoms with Crippen molar-refractivity contribution in [3.05, 3.63) is 46.2 Å². The molecular formula is C20H21ClN4O3. The topological polar surface area (TPSA) is 97.1 Å². The van der Waals surface area contributed by atoms with Gasteiger partial charge in [0.15, 0.2) is 5.60 Å². The fourth-order valence-corrected chi connectivity index (χ4v) is 3.41. The molecule has 1 N–H and O–H groups in total. The minimum atomic E-state index is -1.20. The zero-order valence-electron chi connectivity index (χ0n) is 16.0. The Balaban J connectivity index is 2.02. The molecule has 0 spiro atoms. The number of pyridine rings is 2. The zero-order chi connectivity index (χ0) is 20.3. The van der Waals surface area contributed by atoms with Crippen LogP contribution < -0.4 is 14.8 Å². The van der Waals surface area contributed by atoms with Crippen molar-refractivity contribution in [1.29, 1.82) is 5.26 Å². The van der Waals surface area contributed by atoms with Crippen LogP contribution in [0.5, 0.6) is 11.8 Å². The number of nitrogens with zero attached hydrogens (tertiary/aromatic N) is 3. The number of hydrogen-bond donors (Lipinski definition) is 1. The van der Waals surface area contributed by atoms with Gasteiger partial charge in [0.2, 0.25) is 17.5 Å². The van der Waals surface area contributed by atoms with Crippen LogP contribution in [0.2, 0.25) is 5.15 Å². The molecule has 1 aliphatic rings. The molecule has 2 atom stereocenters. The average Bonchev–Trinajstić information content (AvgIpc) is 2.70. The highest BCUT2D eigenvalue weighted by Crippen LogP contribution is 2.33. The maximum Gasteiger partial charge on any atom is 0.218 e. The van der Waals surface area contributed by atoms with Gasteiger partial charge in [0.05, 0.1) is 24.3 Å². The predicted octanol–water partition coefficient (Wildman–Crippen LogP) is 3.09. The molecule has 3 heterocycles. The first kappa shape index (κ1) is 20.1. The van der Waals surface area contributed by atoms with Crippen molar-refractivity contribution in [1.82, 2.24) is 15.3 Å². The molecule has 2 aromatic heterocycles. The van der Waals surface area contributed by atoms with E-state index in [1.165, 1.54) is 13.3 Å². The third-order valence-corrected chi connectivity index (χ3v) is 5.27. The minimum Gasteiger partial charge on any atom is -0.481 e. The van der Waals surface area contributed by atoms with Crippen molar-refractivity contribution in [3.63, 3.8) is 0 Å². The first-order chi connectivity index (χ1) is 13.4. The maximum atomic E-state index is 13.5. The number of aromatic nitrogens is 2. The summed E-state index contributed by atoms with van der Waals surface area (Å²) >= 11 is 6.25. The van der Waals surface area contributed by atoms with Crippen LogP contribution in [0.1, 0.15) is 41.3 Å². The Kier molecular flexibility index (Phi) is 5.82. The Bertz CT molecular complexity index is 934. The first-order valence-electron chi connectivity index (χ1n) is 8.93. The van der Waals surface area contributed by atoms with Crippen LogP contribution in [0, 0.1) is 18.3 Å². The summed E-state index contributed by atoms with van der Waals surface area (Å²) in [6.45, 7) is 4.10. The van der Waals surface area contributed by atoms with Crippen LogP contribution in [0.15, 0.2) is 24.4 Å². The highest BCUT2D eigenvalue weighted by Gasteiger charge is 2.45. The maximum absolute atomic E-state index is 13.5. The van der Waals surface area contributed by atoms with Gasteiger partial charge in [0.25, 0.3) is 0 Å². The number of hydrogen-bond acceptors (Lipinski definition) is 7. The van der Waals surface area contributed by atoms with E-state index in [-0.39, 0.29) is 28.4 Å². The molecule has 0 aromatic carbocycles. The second-order valence-corrected chi connectivity index (χ2v) is 7.20. The Labute approximate surface area is 168 Å². The van der Waals surface area contributed by atoms with E-state index in [1.807, 2.05) is 0 Å². The van der Waals surface area contributed by atoms with Gasteiger partial charge in [-0.15, -0.1) is 0 Å². The van der Waals surface area contributed by atoms with E-state index < -0.39 is 5.60 Å². The summed E-state index contributed by atoms with van der Waals surface area (Å²) in [5, 5.41) is 12.6. The molecule has 0 aliphatic carbocycles. The molecule has 0 saturated carbocycles. The highest BCUT2D eigenvalue weighted by atomic mass is 35.5. The summed E-state index contributed by atoms with van der Waals surface area (Å²) in [7, 11) is 1.48. The van der Waals surface area contributed by atoms with Gasteiger partial charge in [0, 0.05) is 30.4 Å². The molecule has 0 bridgehead atoms. The monoisotopic (exact) mass is 400 g/mol. The summed E-state index contributed by atoms with van der Waals surface area (Å²) in [6.07, 6.45) is 2.73. The molecule has 146 valence electrons. The third-order valence-electron chi connectivity index (χ3n) is 4.98. The smallest absolute Gasteiger partial charge is 0.218 e. The summed E-state index contributed by atoms with van der Waals surface area (Å²) in [6, 6.07) is 7.16. The van der Waals surface area contributed by atoms with Crippen molar-refractivity contribution >= 4 is 17.4 Å². The second-order valence-electron chi connectivity index (χ2n) is 6.84. The van der Waals surface area contributed by atoms with E-state index in [9.17, 15) is 10.1 Å². The summed E-state index contributed by atoms with van der Waals surface area (Å²) in [5.41, 5.74) is 0.106. The number of nitriles is 1. The lowest BCUT2D eigenvalue weighted by Gasteiger charge is -2.39. The van der Waals surface area contributed by atoms with E-state index in [2.05, 4.69) is 28.3 Å². The molecule has 0 amide bonds. The van der Waals surface area contributed by atoms with Gasteiger partial charge in [-0.2, -0.15) is 5.26 Å². The van der Waals surface area contributed by atoms with Crippen molar-refractivity contribution in [2.75, 3.05) is 13.7 Å². The van der Waals surface area contributed by atoms with Crippen molar-refractivity contribution in [3.8, 4) is 17.8 Å². The van der Waals surface area contributed by atoms with E-state index in [0.717, 1.165) is 6.42 Å². The van der Waals surface area contributed by atoms with Crippen molar-refractivity contribution in [2.45, 2.75) is 38.3 Å². The first-order valence-corrected chi connectivity index (χ1v) is 9.31. The predicted molar refractivity (Wildman–Crippen MR) is 104 cm³/mol. The number of rotatable bonds is 5. The largest absolute Gasteiger partial charge is 0.481 e. The Morgan fingerprint density at radius 3 is 2.82 bits per heavy atom. The Morgan fingerprint density at radius 1 is 1.43 bits per heavy atom. The van der Waals surface area contributed by atoms with Crippen LogP contribution in [-0.2, 0) is 0 Å². The van der Waals surface area contributed by atoms with E-state index in [1.54, 1.807) is 25.1 Å². The van der Waals surface area contributed by atoms with Crippen LogP contribution in [-0.4, -0.2) is 41.0 Å². The number of halogens is 1. The standard InChI is InChI=1S/C20H21ClN4O3/c1-12-6-8-20(11-24-12,28-19-13(2)14(10-22)7-9-23-19)17(26)15-4-5-16(27-3)25-18(15)21/h4-5,7,9,12,24H,6,8,11H2,1-3H3/t12-,20-/m1/s1. The Hall–Kier alpha value is -2.69. The number of ketones is 1. The van der Waals surface area contributed by atoms with Crippen LogP contribution in [0.3, 0.4) is 0 Å². The molecule has 28 heavy (non-hydrogen) atoms. The fraction of sp³-hybridized carbons (Fsp3) is 0.400. The van der Waals surface area contributed by atoms with Crippen LogP contribution >= 0.6 is 11.6 Å². The van der Waals surface area contributed by atoms with Gasteiger partial charge < -0.3 is 14.8 Å². The van der Waals surface area contributed by atoms with Crippen LogP contribution in [0.25, 0.3) is 0 Å². The molecular weight excluding hydrogens is 380 g/mol. The zero-order valence-corrected chi connectivity index (χ0v) is 16.7. The van der Waals surface area contributed by atoms with E-state index in [4.69, 9.17) is 21.1 Å². The molecule has 3 rings (SSSR count). The van der Waals surface area contributed by atoms with Gasteiger partial charge in [-0.3, -0.25) is 4.79 Å². The quantitative estimate of drug-likeness (QED) is 0.608. The number of Topliss-reactive ketones (excluding diaryl/α,β-unsaturated/α-hetero) is 1. The number of methoxy groups -OCH3 is 1. The average molecular weight is 401 g/mol. The summed E-state index contributed by atoms with van der Waals surface area (Å²) in [5.74, 6) is 0.308. The lowest BCUT2D eigenvalue weighted by Crippen LogP contribution is -2.58. The molecule has 1 fully saturated rings. The molecule has 2 aromatic rings. The number of ether oxygens (including phenoxy) is 2. The Morgan fingerprint density at radius 2 is 2.21 bits per heavy atom. The molecule has 0 radical (unpaired) electrons. The normalized spacial score (nSPS) is 21.6. The van der Waals surface area contributed by atoms with E-state index >= 15 is 0 Å². The number of carbonyl (C=O) groups is 1. The summed E-state index contributed by atoms with van der Waals surface area (Å²) in [4.78, 5) is 21.8. The van der Waals surface area contributed by atoms with Crippen molar-refractivity contribution < 1.29 is 14.3 Å². The number of piperidine rings is 1. The van der Waals surface area contributed by atoms with Gasteiger partial charge in [-0.1, -0.05) is 11.6 Å². The third kappa shape index (κ3) is 3.79. The van der Waals surface area contributed by atoms with Gasteiger partial charge in [-0.05, 0) is 38.8 Å². The minimum absolute atomic E-state index is 0.0569. The molecule has 0 unspecified atom stereocenters. The fourth-order valence-electron chi connectivity index (χ4n) is 3.18. The van der Waals surface area contributed by atoms with E-state index in [0.29, 0.717) is 30.0 Å². The van der Waals surface area contributed by atoms with Crippen LogP contribution in [0.4, 0.5) is 0 Å². The van der Waals surface area contributed by atoms with Gasteiger partial charge in [-0.25, -0.2) is 9.97 Å². The molecule has 1 aliphatic heterocycles. The van der Waals surface area contributed by atoms with Gasteiger partial charge in [0.1, 0.15) is 5.15 Å². The molecule has 8 heteroatoms. The number of nitrogens with one attached hydrogen (secondary N) is 1. The van der Waals surface area contributed by atoms with Gasteiger partial charge >= 0.3 is 0 Å². The molecule has 7 nitrogen and oxygen atoms in total. The number of carbonyl (C=O) groups excluding carboxylic acids is 1. The lowest BCUT2D eigenvalue weighted by molar-refractivity contribution is 0.0260. The van der Waals surface area contributed by atoms with Crippen molar-refractivity contribution in [2.24, 2.45) is 0 Å². The SMILES string of the molecule is COc1ccc(C(=O)[C@@]2(Oc3nccc(C#N)c3C)CC[C@@H](C)NC2)c(Cl)n1. The highest BCUT2D eigenvalue weighted by molar-refractivity contribution is 6.33. The molecule has 1 saturated heterocycles. The lowest BCUT2D eigenvalue weighted by atomic mass is 9.84.